The van der Waals surface area contributed by atoms with Crippen molar-refractivity contribution in [3.63, 3.8) is 0 Å². The zero-order valence-electron chi connectivity index (χ0n) is 17.3. The van der Waals surface area contributed by atoms with Crippen LogP contribution in [0.4, 0.5) is 5.69 Å². The van der Waals surface area contributed by atoms with Crippen molar-refractivity contribution in [2.24, 2.45) is 35.5 Å². The summed E-state index contributed by atoms with van der Waals surface area (Å²) in [5.41, 5.74) is 2.23. The molecule has 0 radical (unpaired) electrons. The second-order valence-corrected chi connectivity index (χ2v) is 9.34. The van der Waals surface area contributed by atoms with Gasteiger partial charge < -0.3 is 0 Å². The van der Waals surface area contributed by atoms with Gasteiger partial charge in [0.25, 0.3) is 5.91 Å². The Bertz CT molecular complexity index is 1090. The van der Waals surface area contributed by atoms with Gasteiger partial charge in [0.15, 0.2) is 0 Å². The summed E-state index contributed by atoms with van der Waals surface area (Å²) in [5.74, 6) is 0.535. The molecule has 0 N–H and O–H groups in total. The molecule has 0 aromatic heterocycles. The molecule has 1 saturated heterocycles. The molecule has 5 nitrogen and oxygen atoms in total. The Kier molecular flexibility index (Phi) is 3.98. The quantitative estimate of drug-likeness (QED) is 0.569. The molecule has 1 aliphatic heterocycles. The molecular weight excluding hydrogens is 388 g/mol. The van der Waals surface area contributed by atoms with Gasteiger partial charge in [-0.25, -0.2) is 0 Å². The Hall–Kier alpha value is -3.21. The second kappa shape index (κ2) is 6.64. The van der Waals surface area contributed by atoms with Gasteiger partial charge in [0.05, 0.1) is 11.8 Å². The molecule has 31 heavy (non-hydrogen) atoms. The van der Waals surface area contributed by atoms with Crippen LogP contribution in [0, 0.1) is 42.4 Å². The summed E-state index contributed by atoms with van der Waals surface area (Å²) in [6.45, 7) is 1.92. The molecule has 156 valence electrons. The lowest BCUT2D eigenvalue weighted by molar-refractivity contribution is -0.140. The van der Waals surface area contributed by atoms with Gasteiger partial charge in [-0.1, -0.05) is 42.5 Å². The van der Waals surface area contributed by atoms with Crippen LogP contribution in [0.3, 0.4) is 0 Å². The molecule has 5 heteroatoms. The van der Waals surface area contributed by atoms with E-state index in [-0.39, 0.29) is 48.1 Å². The molecule has 6 atom stereocenters. The van der Waals surface area contributed by atoms with E-state index in [9.17, 15) is 14.4 Å². The first kappa shape index (κ1) is 18.6. The second-order valence-electron chi connectivity index (χ2n) is 9.34. The SMILES string of the molecule is Cc1cccc(N(CN2C(=O)C3C4C=CC(C5CC45)C3C2=O)C(=O)c2ccccc2)c1. The van der Waals surface area contributed by atoms with Crippen LogP contribution in [0.2, 0.25) is 0 Å². The third-order valence-electron chi connectivity index (χ3n) is 7.62. The highest BCUT2D eigenvalue weighted by atomic mass is 16.2. The Morgan fingerprint density at radius 2 is 1.58 bits per heavy atom. The molecule has 2 bridgehead atoms. The fourth-order valence-corrected chi connectivity index (χ4v) is 6.10. The van der Waals surface area contributed by atoms with Gasteiger partial charge in [-0.2, -0.15) is 0 Å². The van der Waals surface area contributed by atoms with Gasteiger partial charge in [-0.05, 0) is 66.8 Å². The number of likely N-dealkylation sites (tertiary alicyclic amines) is 1. The fourth-order valence-electron chi connectivity index (χ4n) is 6.10. The lowest BCUT2D eigenvalue weighted by Gasteiger charge is -2.37. The maximum atomic E-state index is 13.4. The third-order valence-corrected chi connectivity index (χ3v) is 7.62. The number of carbonyl (C=O) groups excluding carboxylic acids is 3. The number of imide groups is 1. The van der Waals surface area contributed by atoms with Gasteiger partial charge in [0, 0.05) is 11.3 Å². The standard InChI is InChI=1S/C26H24N2O3/c1-15-6-5-9-17(12-15)27(24(29)16-7-3-2-4-8-16)14-28-25(30)22-18-10-11-19(21-13-20(18)21)23(22)26(28)31/h2-12,18-23H,13-14H2,1H3. The van der Waals surface area contributed by atoms with Gasteiger partial charge in [0.2, 0.25) is 11.8 Å². The van der Waals surface area contributed by atoms with Crippen molar-refractivity contribution in [1.82, 2.24) is 4.90 Å². The molecule has 3 fully saturated rings. The predicted molar refractivity (Wildman–Crippen MR) is 116 cm³/mol. The summed E-state index contributed by atoms with van der Waals surface area (Å²) in [5, 5.41) is 0. The average Bonchev–Trinajstić information content (AvgIpc) is 3.57. The van der Waals surface area contributed by atoms with Crippen LogP contribution in [0.25, 0.3) is 0 Å². The van der Waals surface area contributed by atoms with Crippen molar-refractivity contribution < 1.29 is 14.4 Å². The molecular formula is C26H24N2O3. The predicted octanol–water partition coefficient (Wildman–Crippen LogP) is 3.65. The van der Waals surface area contributed by atoms with Crippen LogP contribution < -0.4 is 4.90 Å². The highest BCUT2D eigenvalue weighted by molar-refractivity contribution is 6.09. The minimum Gasteiger partial charge on any atom is -0.290 e. The van der Waals surface area contributed by atoms with Crippen molar-refractivity contribution in [1.29, 1.82) is 0 Å². The first-order chi connectivity index (χ1) is 15.0. The molecule has 4 aliphatic carbocycles. The summed E-state index contributed by atoms with van der Waals surface area (Å²) in [6, 6.07) is 16.6. The summed E-state index contributed by atoms with van der Waals surface area (Å²) in [7, 11) is 0. The lowest BCUT2D eigenvalue weighted by Crippen LogP contribution is -2.45. The van der Waals surface area contributed by atoms with E-state index >= 15 is 0 Å². The Morgan fingerprint density at radius 3 is 2.19 bits per heavy atom. The smallest absolute Gasteiger partial charge is 0.259 e. The molecule has 3 amide bonds. The minimum absolute atomic E-state index is 0.0450. The van der Waals surface area contributed by atoms with E-state index in [0.29, 0.717) is 23.1 Å². The van der Waals surface area contributed by atoms with Gasteiger partial charge in [-0.15, -0.1) is 0 Å². The molecule has 0 spiro atoms. The van der Waals surface area contributed by atoms with E-state index in [1.54, 1.807) is 17.0 Å². The maximum Gasteiger partial charge on any atom is 0.259 e. The number of aryl methyl sites for hydroxylation is 1. The van der Waals surface area contributed by atoms with E-state index in [1.807, 2.05) is 49.4 Å². The zero-order valence-corrected chi connectivity index (χ0v) is 17.3. The number of rotatable bonds is 4. The molecule has 5 aliphatic rings. The molecule has 1 heterocycles. The minimum atomic E-state index is -0.252. The highest BCUT2D eigenvalue weighted by Crippen LogP contribution is 2.65. The monoisotopic (exact) mass is 412 g/mol. The van der Waals surface area contributed by atoms with Crippen molar-refractivity contribution in [3.05, 3.63) is 77.9 Å². The summed E-state index contributed by atoms with van der Waals surface area (Å²) < 4.78 is 0. The number of allylic oxidation sites excluding steroid dienone is 2. The van der Waals surface area contributed by atoms with Crippen LogP contribution in [-0.2, 0) is 9.59 Å². The first-order valence-corrected chi connectivity index (χ1v) is 11.0. The van der Waals surface area contributed by atoms with E-state index in [1.165, 1.54) is 4.90 Å². The number of hydrogen-bond donors (Lipinski definition) is 0. The van der Waals surface area contributed by atoms with Crippen LogP contribution >= 0.6 is 0 Å². The Balaban J connectivity index is 1.35. The number of anilines is 1. The third kappa shape index (κ3) is 2.72. The van der Waals surface area contributed by atoms with Crippen LogP contribution in [0.15, 0.2) is 66.7 Å². The Morgan fingerprint density at radius 1 is 0.935 bits per heavy atom. The van der Waals surface area contributed by atoms with Crippen LogP contribution in [0.5, 0.6) is 0 Å². The maximum absolute atomic E-state index is 13.4. The zero-order chi connectivity index (χ0) is 21.3. The average molecular weight is 412 g/mol. The topological polar surface area (TPSA) is 57.7 Å². The number of amides is 3. The molecule has 2 aromatic rings. The van der Waals surface area contributed by atoms with Crippen LogP contribution in [-0.4, -0.2) is 29.3 Å². The fraction of sp³-hybridized carbons (Fsp3) is 0.346. The van der Waals surface area contributed by atoms with E-state index in [0.717, 1.165) is 12.0 Å². The largest absolute Gasteiger partial charge is 0.290 e. The molecule has 2 aromatic carbocycles. The normalized spacial score (nSPS) is 32.1. The number of carbonyl (C=O) groups is 3. The lowest BCUT2D eigenvalue weighted by atomic mass is 9.63. The Labute approximate surface area is 181 Å². The van der Waals surface area contributed by atoms with Gasteiger partial charge >= 0.3 is 0 Å². The number of hydrogen-bond acceptors (Lipinski definition) is 3. The van der Waals surface area contributed by atoms with Crippen molar-refractivity contribution in [2.75, 3.05) is 11.6 Å². The van der Waals surface area contributed by atoms with Gasteiger partial charge in [-0.3, -0.25) is 24.2 Å². The van der Waals surface area contributed by atoms with Crippen molar-refractivity contribution in [3.8, 4) is 0 Å². The van der Waals surface area contributed by atoms with E-state index in [4.69, 9.17) is 0 Å². The van der Waals surface area contributed by atoms with Crippen LogP contribution in [0.1, 0.15) is 22.3 Å². The molecule has 2 saturated carbocycles. The summed E-state index contributed by atoms with van der Waals surface area (Å²) >= 11 is 0. The number of nitrogens with zero attached hydrogens (tertiary/aromatic N) is 2. The van der Waals surface area contributed by atoms with E-state index in [2.05, 4.69) is 12.2 Å². The van der Waals surface area contributed by atoms with E-state index < -0.39 is 0 Å². The van der Waals surface area contributed by atoms with Gasteiger partial charge in [0.1, 0.15) is 6.67 Å². The molecule has 7 rings (SSSR count). The number of benzene rings is 2. The molecule has 6 unspecified atom stereocenters. The summed E-state index contributed by atoms with van der Waals surface area (Å²) in [4.78, 5) is 43.2. The van der Waals surface area contributed by atoms with Crippen molar-refractivity contribution in [2.45, 2.75) is 13.3 Å². The summed E-state index contributed by atoms with van der Waals surface area (Å²) in [6.07, 6.45) is 5.47. The van der Waals surface area contributed by atoms with Crippen molar-refractivity contribution >= 4 is 23.4 Å². The highest BCUT2D eigenvalue weighted by Gasteiger charge is 2.67. The first-order valence-electron chi connectivity index (χ1n) is 11.0.